The fourth-order valence-electron chi connectivity index (χ4n) is 2.72. The van der Waals surface area contributed by atoms with Crippen molar-refractivity contribution in [1.29, 1.82) is 0 Å². The molecule has 2 fully saturated rings. The maximum absolute atomic E-state index is 12.2. The zero-order chi connectivity index (χ0) is 13.3. The number of hydrogen-bond acceptors (Lipinski definition) is 5. The van der Waals surface area contributed by atoms with Gasteiger partial charge in [0.25, 0.3) is 0 Å². The zero-order valence-electron chi connectivity index (χ0n) is 10.3. The van der Waals surface area contributed by atoms with Crippen LogP contribution >= 0.6 is 0 Å². The Morgan fingerprint density at radius 2 is 2.00 bits per heavy atom. The molecular weight excluding hydrogens is 258 g/mol. The SMILES string of the molecule is COC(=O)C1CCCC1S(=O)(=O)NC1CC(O)C1. The molecule has 7 heteroatoms. The minimum Gasteiger partial charge on any atom is -0.469 e. The molecule has 0 amide bonds. The lowest BCUT2D eigenvalue weighted by molar-refractivity contribution is -0.145. The first-order chi connectivity index (χ1) is 8.44. The molecule has 2 aliphatic rings. The van der Waals surface area contributed by atoms with Crippen LogP contribution in [0.1, 0.15) is 32.1 Å². The Morgan fingerprint density at radius 1 is 1.33 bits per heavy atom. The number of carbonyl (C=O) groups excluding carboxylic acids is 1. The average molecular weight is 277 g/mol. The van der Waals surface area contributed by atoms with Gasteiger partial charge in [0.2, 0.25) is 10.0 Å². The number of sulfonamides is 1. The van der Waals surface area contributed by atoms with Crippen LogP contribution in [0, 0.1) is 5.92 Å². The lowest BCUT2D eigenvalue weighted by Gasteiger charge is -2.33. The molecule has 0 aromatic heterocycles. The molecule has 0 aliphatic heterocycles. The van der Waals surface area contributed by atoms with Crippen molar-refractivity contribution >= 4 is 16.0 Å². The zero-order valence-corrected chi connectivity index (χ0v) is 11.1. The number of aliphatic hydroxyl groups is 1. The van der Waals surface area contributed by atoms with Crippen molar-refractivity contribution in [3.63, 3.8) is 0 Å². The van der Waals surface area contributed by atoms with Gasteiger partial charge in [0.1, 0.15) is 0 Å². The van der Waals surface area contributed by atoms with Crippen molar-refractivity contribution in [3.8, 4) is 0 Å². The number of esters is 1. The number of nitrogens with one attached hydrogen (secondary N) is 1. The number of hydrogen-bond donors (Lipinski definition) is 2. The summed E-state index contributed by atoms with van der Waals surface area (Å²) in [7, 11) is -2.23. The number of rotatable bonds is 4. The molecule has 2 atom stereocenters. The molecule has 2 saturated carbocycles. The highest BCUT2D eigenvalue weighted by Gasteiger charge is 2.44. The molecule has 2 rings (SSSR count). The third-order valence-corrected chi connectivity index (χ3v) is 5.82. The fraction of sp³-hybridized carbons (Fsp3) is 0.909. The lowest BCUT2D eigenvalue weighted by atomic mass is 9.91. The Bertz CT molecular complexity index is 415. The Labute approximate surface area is 107 Å². The van der Waals surface area contributed by atoms with Crippen molar-refractivity contribution in [2.24, 2.45) is 5.92 Å². The molecule has 0 aromatic carbocycles. The molecular formula is C11H19NO5S. The molecule has 2 aliphatic carbocycles. The lowest BCUT2D eigenvalue weighted by Crippen LogP contribution is -2.50. The molecule has 2 N–H and O–H groups in total. The summed E-state index contributed by atoms with van der Waals surface area (Å²) in [5, 5.41) is 8.46. The van der Waals surface area contributed by atoms with Crippen LogP contribution in [0.15, 0.2) is 0 Å². The van der Waals surface area contributed by atoms with Crippen molar-refractivity contribution in [1.82, 2.24) is 4.72 Å². The van der Waals surface area contributed by atoms with Crippen LogP contribution in [-0.4, -0.2) is 44.0 Å². The molecule has 0 spiro atoms. The van der Waals surface area contributed by atoms with Crippen LogP contribution < -0.4 is 4.72 Å². The summed E-state index contributed by atoms with van der Waals surface area (Å²) in [5.74, 6) is -1.01. The quantitative estimate of drug-likeness (QED) is 0.693. The molecule has 18 heavy (non-hydrogen) atoms. The molecule has 0 radical (unpaired) electrons. The van der Waals surface area contributed by atoms with E-state index in [1.165, 1.54) is 7.11 Å². The fourth-order valence-corrected chi connectivity index (χ4v) is 4.71. The molecule has 104 valence electrons. The Morgan fingerprint density at radius 3 is 2.56 bits per heavy atom. The first-order valence-corrected chi connectivity index (χ1v) is 7.75. The van der Waals surface area contributed by atoms with Crippen LogP contribution in [0.3, 0.4) is 0 Å². The first kappa shape index (κ1) is 13.8. The topological polar surface area (TPSA) is 92.7 Å². The summed E-state index contributed by atoms with van der Waals surface area (Å²) in [5.41, 5.74) is 0. The van der Waals surface area contributed by atoms with E-state index >= 15 is 0 Å². The smallest absolute Gasteiger partial charge is 0.310 e. The second kappa shape index (κ2) is 5.14. The number of methoxy groups -OCH3 is 1. The highest BCUT2D eigenvalue weighted by atomic mass is 32.2. The summed E-state index contributed by atoms with van der Waals surface area (Å²) in [6.45, 7) is 0. The average Bonchev–Trinajstić information content (AvgIpc) is 2.75. The van der Waals surface area contributed by atoms with E-state index in [1.54, 1.807) is 0 Å². The molecule has 0 aromatic rings. The van der Waals surface area contributed by atoms with Gasteiger partial charge in [-0.2, -0.15) is 0 Å². The Kier molecular flexibility index (Phi) is 3.93. The third-order valence-electron chi connectivity index (χ3n) is 3.80. The summed E-state index contributed by atoms with van der Waals surface area (Å²) < 4.78 is 31.6. The van der Waals surface area contributed by atoms with Gasteiger partial charge in [0.15, 0.2) is 0 Å². The maximum Gasteiger partial charge on any atom is 0.310 e. The first-order valence-electron chi connectivity index (χ1n) is 6.21. The number of ether oxygens (including phenoxy) is 1. The van der Waals surface area contributed by atoms with Gasteiger partial charge in [-0.25, -0.2) is 13.1 Å². The second-order valence-electron chi connectivity index (χ2n) is 5.08. The van der Waals surface area contributed by atoms with Gasteiger partial charge in [-0.1, -0.05) is 6.42 Å². The van der Waals surface area contributed by atoms with Crippen molar-refractivity contribution in [2.45, 2.75) is 49.5 Å². The van der Waals surface area contributed by atoms with Gasteiger partial charge in [-0.15, -0.1) is 0 Å². The van der Waals surface area contributed by atoms with Crippen molar-refractivity contribution < 1.29 is 23.1 Å². The third kappa shape index (κ3) is 2.67. The molecule has 6 nitrogen and oxygen atoms in total. The van der Waals surface area contributed by atoms with Crippen molar-refractivity contribution in [3.05, 3.63) is 0 Å². The normalized spacial score (nSPS) is 36.1. The molecule has 0 bridgehead atoms. The summed E-state index contributed by atoms with van der Waals surface area (Å²) in [6, 6.07) is -0.191. The molecule has 0 saturated heterocycles. The van der Waals surface area contributed by atoms with Gasteiger partial charge >= 0.3 is 5.97 Å². The summed E-state index contributed by atoms with van der Waals surface area (Å²) in [6.07, 6.45) is 2.27. The van der Waals surface area contributed by atoms with Gasteiger partial charge in [-0.3, -0.25) is 4.79 Å². The van der Waals surface area contributed by atoms with E-state index in [4.69, 9.17) is 5.11 Å². The maximum atomic E-state index is 12.2. The van der Waals surface area contributed by atoms with Crippen LogP contribution in [0.2, 0.25) is 0 Å². The van der Waals surface area contributed by atoms with Gasteiger partial charge in [0.05, 0.1) is 24.4 Å². The van der Waals surface area contributed by atoms with Crippen LogP contribution in [0.25, 0.3) is 0 Å². The molecule has 2 unspecified atom stereocenters. The predicted molar refractivity (Wildman–Crippen MR) is 64.2 cm³/mol. The van der Waals surface area contributed by atoms with E-state index in [2.05, 4.69) is 9.46 Å². The van der Waals surface area contributed by atoms with E-state index in [9.17, 15) is 13.2 Å². The van der Waals surface area contributed by atoms with Crippen molar-refractivity contribution in [2.75, 3.05) is 7.11 Å². The number of aliphatic hydroxyl groups excluding tert-OH is 1. The summed E-state index contributed by atoms with van der Waals surface area (Å²) in [4.78, 5) is 11.5. The van der Waals surface area contributed by atoms with Gasteiger partial charge in [-0.05, 0) is 25.7 Å². The Hall–Kier alpha value is -0.660. The van der Waals surface area contributed by atoms with Crippen LogP contribution in [0.5, 0.6) is 0 Å². The standard InChI is InChI=1S/C11H19NO5S/c1-17-11(14)9-3-2-4-10(9)18(15,16)12-7-5-8(13)6-7/h7-10,12-13H,2-6H2,1H3. The van der Waals surface area contributed by atoms with E-state index < -0.39 is 33.3 Å². The summed E-state index contributed by atoms with van der Waals surface area (Å²) >= 11 is 0. The van der Waals surface area contributed by atoms with Crippen LogP contribution in [0.4, 0.5) is 0 Å². The monoisotopic (exact) mass is 277 g/mol. The number of carbonyl (C=O) groups is 1. The minimum atomic E-state index is -3.51. The van der Waals surface area contributed by atoms with E-state index in [0.717, 1.165) is 6.42 Å². The van der Waals surface area contributed by atoms with Crippen LogP contribution in [-0.2, 0) is 19.6 Å². The molecule has 0 heterocycles. The highest BCUT2D eigenvalue weighted by Crippen LogP contribution is 2.32. The van der Waals surface area contributed by atoms with E-state index in [0.29, 0.717) is 25.7 Å². The largest absolute Gasteiger partial charge is 0.469 e. The Balaban J connectivity index is 2.02. The highest BCUT2D eigenvalue weighted by molar-refractivity contribution is 7.90. The predicted octanol–water partition coefficient (Wildman–Crippen LogP) is -0.229. The van der Waals surface area contributed by atoms with E-state index in [-0.39, 0.29) is 6.04 Å². The van der Waals surface area contributed by atoms with Gasteiger partial charge < -0.3 is 9.84 Å². The van der Waals surface area contributed by atoms with E-state index in [1.807, 2.05) is 0 Å². The van der Waals surface area contributed by atoms with Gasteiger partial charge in [0, 0.05) is 6.04 Å². The second-order valence-corrected chi connectivity index (χ2v) is 7.02. The minimum absolute atomic E-state index is 0.191.